The number of anilines is 2. The van der Waals surface area contributed by atoms with Crippen LogP contribution in [0.4, 0.5) is 24.5 Å². The maximum Gasteiger partial charge on any atom is 0.424 e. The van der Waals surface area contributed by atoms with Gasteiger partial charge in [-0.2, -0.15) is 31.7 Å². The van der Waals surface area contributed by atoms with Crippen LogP contribution in [0.15, 0.2) is 40.5 Å². The molecule has 0 saturated carbocycles. The van der Waals surface area contributed by atoms with Gasteiger partial charge < -0.3 is 4.74 Å². The molecule has 0 aromatic heterocycles. The summed E-state index contributed by atoms with van der Waals surface area (Å²) in [4.78, 5) is 24.0. The van der Waals surface area contributed by atoms with E-state index >= 15 is 0 Å². The molecule has 2 N–H and O–H groups in total. The molecule has 146 valence electrons. The van der Waals surface area contributed by atoms with Crippen molar-refractivity contribution in [2.45, 2.75) is 13.1 Å². The van der Waals surface area contributed by atoms with Gasteiger partial charge in [0.25, 0.3) is 5.91 Å². The van der Waals surface area contributed by atoms with E-state index in [1.807, 2.05) is 0 Å². The van der Waals surface area contributed by atoms with Crippen molar-refractivity contribution in [1.29, 1.82) is 0 Å². The van der Waals surface area contributed by atoms with E-state index in [1.54, 1.807) is 4.72 Å². The molecule has 0 aliphatic carbocycles. The highest BCUT2D eigenvalue weighted by atomic mass is 32.2. The fourth-order valence-corrected chi connectivity index (χ4v) is 2.68. The van der Waals surface area contributed by atoms with E-state index in [0.29, 0.717) is 5.01 Å². The van der Waals surface area contributed by atoms with Crippen LogP contribution in [0.2, 0.25) is 0 Å². The van der Waals surface area contributed by atoms with Gasteiger partial charge in [0.2, 0.25) is 0 Å². The van der Waals surface area contributed by atoms with Crippen LogP contribution in [0.1, 0.15) is 6.92 Å². The molecule has 13 heteroatoms. The molecule has 1 aromatic carbocycles. The Bertz CT molecular complexity index is 951. The lowest BCUT2D eigenvalue weighted by molar-refractivity contribution is -0.148. The minimum absolute atomic E-state index is 0.00151. The Hall–Kier alpha value is -2.93. The van der Waals surface area contributed by atoms with Gasteiger partial charge in [0.1, 0.15) is 0 Å². The SMILES string of the molecule is COC(=O)C(=C1C(=O)N(c2ccc(NS(=O)(=O)O)cc2)N=C1C)C(F)(F)F. The van der Waals surface area contributed by atoms with Crippen molar-refractivity contribution in [1.82, 2.24) is 0 Å². The summed E-state index contributed by atoms with van der Waals surface area (Å²) in [6.07, 6.45) is -5.14. The molecule has 0 radical (unpaired) electrons. The fourth-order valence-electron chi connectivity index (χ4n) is 2.25. The first-order valence-corrected chi connectivity index (χ1v) is 8.44. The number of benzene rings is 1. The third-order valence-corrected chi connectivity index (χ3v) is 3.79. The van der Waals surface area contributed by atoms with Crippen LogP contribution in [0.5, 0.6) is 0 Å². The number of methoxy groups -OCH3 is 1. The number of nitrogens with one attached hydrogen (secondary N) is 1. The van der Waals surface area contributed by atoms with Gasteiger partial charge in [-0.3, -0.25) is 14.1 Å². The first-order valence-electron chi connectivity index (χ1n) is 7.00. The van der Waals surface area contributed by atoms with Crippen LogP contribution < -0.4 is 9.73 Å². The number of hydrogen-bond donors (Lipinski definition) is 2. The number of halogens is 3. The summed E-state index contributed by atoms with van der Waals surface area (Å²) in [6.45, 7) is 1.12. The van der Waals surface area contributed by atoms with E-state index in [2.05, 4.69) is 9.84 Å². The molecule has 1 aliphatic heterocycles. The van der Waals surface area contributed by atoms with E-state index in [1.165, 1.54) is 12.1 Å². The number of alkyl halides is 3. The summed E-state index contributed by atoms with van der Waals surface area (Å²) in [7, 11) is -3.77. The predicted molar refractivity (Wildman–Crippen MR) is 87.3 cm³/mol. The standard InChI is InChI=1S/C14H12F3N3O6S/c1-7-10(11(13(22)26-2)14(15,16)17)12(21)20(18-7)9-5-3-8(4-6-9)19-27(23,24)25/h3-6,19H,1-2H3,(H,23,24,25). The number of amides is 1. The number of esters is 1. The van der Waals surface area contributed by atoms with Gasteiger partial charge in [0.15, 0.2) is 5.57 Å². The smallest absolute Gasteiger partial charge is 0.424 e. The zero-order valence-corrected chi connectivity index (χ0v) is 14.6. The van der Waals surface area contributed by atoms with Gasteiger partial charge in [-0.1, -0.05) is 0 Å². The van der Waals surface area contributed by atoms with Gasteiger partial charge in [-0.15, -0.1) is 0 Å². The first-order chi connectivity index (χ1) is 12.3. The molecule has 1 aromatic rings. The lowest BCUT2D eigenvalue weighted by atomic mass is 10.0. The molecule has 0 unspecified atom stereocenters. The highest BCUT2D eigenvalue weighted by Gasteiger charge is 2.47. The molecule has 0 atom stereocenters. The largest absolute Gasteiger partial charge is 0.465 e. The Morgan fingerprint density at radius 1 is 1.26 bits per heavy atom. The summed E-state index contributed by atoms with van der Waals surface area (Å²) < 4.78 is 75.7. The fraction of sp³-hybridized carbons (Fsp3) is 0.214. The maximum atomic E-state index is 13.2. The zero-order chi connectivity index (χ0) is 20.6. The van der Waals surface area contributed by atoms with Gasteiger partial charge in [0, 0.05) is 0 Å². The van der Waals surface area contributed by atoms with Crippen molar-refractivity contribution in [3.63, 3.8) is 0 Å². The Labute approximate surface area is 151 Å². The van der Waals surface area contributed by atoms with E-state index in [9.17, 15) is 31.2 Å². The Morgan fingerprint density at radius 3 is 2.26 bits per heavy atom. The highest BCUT2D eigenvalue weighted by molar-refractivity contribution is 7.87. The van der Waals surface area contributed by atoms with Crippen LogP contribution in [-0.4, -0.2) is 43.8 Å². The summed E-state index contributed by atoms with van der Waals surface area (Å²) >= 11 is 0. The van der Waals surface area contributed by atoms with Crippen molar-refractivity contribution in [3.8, 4) is 0 Å². The Kier molecular flexibility index (Phi) is 5.28. The molecule has 1 aliphatic rings. The van der Waals surface area contributed by atoms with E-state index in [0.717, 1.165) is 26.2 Å². The molecule has 0 fully saturated rings. The number of carbonyl (C=O) groups excluding carboxylic acids is 2. The highest BCUT2D eigenvalue weighted by Crippen LogP contribution is 2.34. The predicted octanol–water partition coefficient (Wildman–Crippen LogP) is 1.66. The number of nitrogens with zero attached hydrogens (tertiary/aromatic N) is 2. The van der Waals surface area contributed by atoms with Crippen LogP contribution in [0.25, 0.3) is 0 Å². The quantitative estimate of drug-likeness (QED) is 0.444. The van der Waals surface area contributed by atoms with E-state index in [-0.39, 0.29) is 17.1 Å². The number of hydrogen-bond acceptors (Lipinski definition) is 6. The van der Waals surface area contributed by atoms with E-state index in [4.69, 9.17) is 4.55 Å². The lowest BCUT2D eigenvalue weighted by Gasteiger charge is -2.15. The van der Waals surface area contributed by atoms with Crippen LogP contribution >= 0.6 is 0 Å². The summed E-state index contributed by atoms with van der Waals surface area (Å²) in [6, 6.07) is 4.65. The molecule has 0 spiro atoms. The zero-order valence-electron chi connectivity index (χ0n) is 13.7. The second kappa shape index (κ2) is 7.00. The third-order valence-electron chi connectivity index (χ3n) is 3.30. The van der Waals surface area contributed by atoms with Crippen LogP contribution in [0.3, 0.4) is 0 Å². The molecule has 1 amide bonds. The second-order valence-electron chi connectivity index (χ2n) is 5.17. The van der Waals surface area contributed by atoms with Crippen LogP contribution in [0, 0.1) is 0 Å². The molecule has 1 heterocycles. The van der Waals surface area contributed by atoms with Gasteiger partial charge in [-0.05, 0) is 31.2 Å². The summed E-state index contributed by atoms with van der Waals surface area (Å²) in [5.74, 6) is -2.93. The molecule has 0 saturated heterocycles. The third kappa shape index (κ3) is 4.43. The topological polar surface area (TPSA) is 125 Å². The molecule has 9 nitrogen and oxygen atoms in total. The molecular weight excluding hydrogens is 395 g/mol. The summed E-state index contributed by atoms with van der Waals surface area (Å²) in [5.41, 5.74) is -3.13. The van der Waals surface area contributed by atoms with Crippen molar-refractivity contribution in [2.24, 2.45) is 5.10 Å². The normalized spacial score (nSPS) is 16.9. The minimum atomic E-state index is -5.14. The molecular formula is C14H12F3N3O6S. The lowest BCUT2D eigenvalue weighted by Crippen LogP contribution is -2.29. The average Bonchev–Trinajstić information content (AvgIpc) is 2.81. The van der Waals surface area contributed by atoms with Crippen molar-refractivity contribution in [2.75, 3.05) is 16.8 Å². The Morgan fingerprint density at radius 2 is 1.81 bits per heavy atom. The van der Waals surface area contributed by atoms with Crippen LogP contribution in [-0.2, 0) is 24.6 Å². The Balaban J connectivity index is 2.45. The van der Waals surface area contributed by atoms with E-state index < -0.39 is 39.5 Å². The molecule has 0 bridgehead atoms. The second-order valence-corrected chi connectivity index (χ2v) is 6.32. The maximum absolute atomic E-state index is 13.2. The van der Waals surface area contributed by atoms with Gasteiger partial charge in [0.05, 0.1) is 29.8 Å². The summed E-state index contributed by atoms with van der Waals surface area (Å²) in [5, 5.41) is 4.34. The van der Waals surface area contributed by atoms with Crippen molar-refractivity contribution in [3.05, 3.63) is 35.4 Å². The average molecular weight is 407 g/mol. The molecule has 2 rings (SSSR count). The molecule has 27 heavy (non-hydrogen) atoms. The number of hydrazone groups is 1. The first kappa shape index (κ1) is 20.4. The van der Waals surface area contributed by atoms with Gasteiger partial charge in [-0.25, -0.2) is 4.79 Å². The van der Waals surface area contributed by atoms with Crippen molar-refractivity contribution >= 4 is 39.3 Å². The van der Waals surface area contributed by atoms with Crippen molar-refractivity contribution < 1.29 is 40.5 Å². The van der Waals surface area contributed by atoms with Gasteiger partial charge >= 0.3 is 22.4 Å². The number of rotatable bonds is 4. The number of carbonyl (C=O) groups is 2. The number of ether oxygens (including phenoxy) is 1. The minimum Gasteiger partial charge on any atom is -0.465 e. The monoisotopic (exact) mass is 407 g/mol.